The molecule has 2 aliphatic heterocycles. The Morgan fingerprint density at radius 2 is 1.15 bits per heavy atom. The van der Waals surface area contributed by atoms with E-state index < -0.39 is 6.04 Å². The quantitative estimate of drug-likeness (QED) is 0.154. The Labute approximate surface area is 401 Å². The highest BCUT2D eigenvalue weighted by Crippen LogP contribution is 2.51. The van der Waals surface area contributed by atoms with E-state index in [1.165, 1.54) is 41.4 Å². The first-order chi connectivity index (χ1) is 34.5. The molecule has 0 atom stereocenters. The highest BCUT2D eigenvalue weighted by molar-refractivity contribution is 7.33. The van der Waals surface area contributed by atoms with Crippen LogP contribution in [0, 0.1) is 0 Å². The molecule has 0 radical (unpaired) electrons. The maximum atomic E-state index is 8.99. The predicted octanol–water partition coefficient (Wildman–Crippen LogP) is 15.8. The summed E-state index contributed by atoms with van der Waals surface area (Å²) >= 11 is 3.60. The first kappa shape index (κ1) is 34.0. The fourth-order valence-corrected chi connectivity index (χ4v) is 12.7. The SMILES string of the molecule is [2H]c1c([2H])c([2H])c(-c2ccc3sc4c(c3c2)N(c2ccc(C(C)(C)C)cc2)c2cccc3c2B4c2ccc(N(c4ccccc4)c4ccccc4)cc2N3c2cccc3c2sc2ccccc23)c([2H])c1[2H]. The number of nitrogens with zero attached hydrogens (tertiary/aromatic N) is 3. The van der Waals surface area contributed by atoms with E-state index in [1.54, 1.807) is 11.3 Å². The zero-order valence-corrected chi connectivity index (χ0v) is 38.2. The average molecular weight is 887 g/mol. The Kier molecular flexibility index (Phi) is 7.79. The van der Waals surface area contributed by atoms with Crippen molar-refractivity contribution in [1.29, 1.82) is 0 Å². The van der Waals surface area contributed by atoms with Crippen molar-refractivity contribution in [3.63, 3.8) is 0 Å². The monoisotopic (exact) mass is 886 g/mol. The molecule has 66 heavy (non-hydrogen) atoms. The summed E-state index contributed by atoms with van der Waals surface area (Å²) in [4.78, 5) is 7.25. The van der Waals surface area contributed by atoms with Gasteiger partial charge >= 0.3 is 0 Å². The Hall–Kier alpha value is -7.38. The van der Waals surface area contributed by atoms with Crippen molar-refractivity contribution in [3.05, 3.63) is 218 Å². The van der Waals surface area contributed by atoms with Crippen molar-refractivity contribution in [1.82, 2.24) is 0 Å². The summed E-state index contributed by atoms with van der Waals surface area (Å²) in [7, 11) is 0. The van der Waals surface area contributed by atoms with Crippen molar-refractivity contribution >= 4 is 127 Å². The largest absolute Gasteiger partial charge is 0.310 e. The van der Waals surface area contributed by atoms with Crippen molar-refractivity contribution in [2.45, 2.75) is 26.2 Å². The van der Waals surface area contributed by atoms with Gasteiger partial charge in [-0.05, 0) is 118 Å². The number of hydrogen-bond donors (Lipinski definition) is 0. The third-order valence-electron chi connectivity index (χ3n) is 13.3. The maximum absolute atomic E-state index is 8.99. The van der Waals surface area contributed by atoms with Gasteiger partial charge in [0.2, 0.25) is 0 Å². The maximum Gasteiger partial charge on any atom is 0.264 e. The van der Waals surface area contributed by atoms with Crippen LogP contribution in [0.3, 0.4) is 0 Å². The van der Waals surface area contributed by atoms with Crippen LogP contribution in [0.1, 0.15) is 33.2 Å². The number of benzene rings is 9. The van der Waals surface area contributed by atoms with E-state index in [9.17, 15) is 0 Å². The van der Waals surface area contributed by atoms with E-state index in [-0.39, 0.29) is 41.9 Å². The summed E-state index contributed by atoms with van der Waals surface area (Å²) in [5, 5.41) is 3.43. The second-order valence-electron chi connectivity index (χ2n) is 18.1. The van der Waals surface area contributed by atoms with Gasteiger partial charge in [-0.25, -0.2) is 0 Å². The number of thiophene rings is 2. The van der Waals surface area contributed by atoms with Gasteiger partial charge in [0.1, 0.15) is 0 Å². The molecular weight excluding hydrogens is 838 g/mol. The third-order valence-corrected chi connectivity index (χ3v) is 15.7. The lowest BCUT2D eigenvalue weighted by atomic mass is 9.36. The zero-order valence-electron chi connectivity index (χ0n) is 41.6. The molecule has 4 heterocycles. The van der Waals surface area contributed by atoms with Crippen LogP contribution in [-0.2, 0) is 5.41 Å². The van der Waals surface area contributed by atoms with E-state index in [4.69, 9.17) is 6.85 Å². The van der Waals surface area contributed by atoms with Crippen LogP contribution < -0.4 is 30.4 Å². The van der Waals surface area contributed by atoms with Crippen LogP contribution in [0.2, 0.25) is 0 Å². The summed E-state index contributed by atoms with van der Waals surface area (Å²) in [5.41, 5.74) is 13.9. The van der Waals surface area contributed by atoms with Crippen LogP contribution >= 0.6 is 22.7 Å². The normalized spacial score (nSPS) is 14.0. The van der Waals surface area contributed by atoms with Gasteiger partial charge in [0.25, 0.3) is 6.71 Å². The summed E-state index contributed by atoms with van der Waals surface area (Å²) in [6.07, 6.45) is 0. The Balaban J connectivity index is 1.12. The summed E-state index contributed by atoms with van der Waals surface area (Å²) in [6, 6.07) is 63.7. The summed E-state index contributed by atoms with van der Waals surface area (Å²) in [6.45, 7) is 6.53. The molecule has 0 bridgehead atoms. The molecule has 314 valence electrons. The molecule has 0 saturated heterocycles. The molecule has 11 aromatic rings. The van der Waals surface area contributed by atoms with E-state index in [0.717, 1.165) is 61.3 Å². The summed E-state index contributed by atoms with van der Waals surface area (Å²) in [5.74, 6) is 0. The molecule has 2 aromatic heterocycles. The minimum atomic E-state index is -0.401. The number of para-hydroxylation sites is 2. The van der Waals surface area contributed by atoms with E-state index in [1.807, 2.05) is 23.5 Å². The number of anilines is 9. The van der Waals surface area contributed by atoms with Gasteiger partial charge in [0.15, 0.2) is 0 Å². The Morgan fingerprint density at radius 1 is 0.500 bits per heavy atom. The fourth-order valence-electron chi connectivity index (χ4n) is 10.2. The number of fused-ring (bicyclic) bond motifs is 9. The molecule has 9 aromatic carbocycles. The van der Waals surface area contributed by atoms with E-state index >= 15 is 0 Å². The lowest BCUT2D eigenvalue weighted by molar-refractivity contribution is 0.590. The minimum Gasteiger partial charge on any atom is -0.310 e. The van der Waals surface area contributed by atoms with Crippen molar-refractivity contribution < 1.29 is 6.85 Å². The van der Waals surface area contributed by atoms with Gasteiger partial charge in [0, 0.05) is 70.1 Å². The lowest BCUT2D eigenvalue weighted by Gasteiger charge is -2.43. The highest BCUT2D eigenvalue weighted by atomic mass is 32.1. The first-order valence-electron chi connectivity index (χ1n) is 24.9. The minimum absolute atomic E-state index is 0.0518. The fraction of sp³-hybridized carbons (Fsp3) is 0.0667. The van der Waals surface area contributed by atoms with Gasteiger partial charge in [0.05, 0.1) is 22.9 Å². The smallest absolute Gasteiger partial charge is 0.264 e. The topological polar surface area (TPSA) is 9.72 Å². The molecular formula is C60H44BN3S2. The second-order valence-corrected chi connectivity index (χ2v) is 20.3. The van der Waals surface area contributed by atoms with Crippen LogP contribution in [0.4, 0.5) is 51.2 Å². The summed E-state index contributed by atoms with van der Waals surface area (Å²) < 4.78 is 48.2. The Bertz CT molecular complexity index is 3890. The van der Waals surface area contributed by atoms with Crippen LogP contribution in [-0.4, -0.2) is 6.71 Å². The van der Waals surface area contributed by atoms with Crippen molar-refractivity contribution in [3.8, 4) is 11.1 Å². The third kappa shape index (κ3) is 6.09. The highest BCUT2D eigenvalue weighted by Gasteiger charge is 2.45. The zero-order chi connectivity index (χ0) is 48.4. The first-order valence-corrected chi connectivity index (χ1v) is 24.0. The standard InChI is InChI=1S/C60H44BN3S2/c1-60(2,3)41-30-32-44(33-31-41)63-50-25-16-26-51-56(50)61(59-57(63)48-37-40(29-36-55(48)66-59)39-17-7-4-8-18-39)49-35-34-45(62(42-19-9-5-10-20-42)43-21-11-6-12-22-43)38-53(49)64(51)52-27-15-24-47-46-23-13-14-28-54(46)65-58(47)52/h4-38H,1-3H3/i4D,7D,8D,17D,18D. The molecule has 0 saturated carbocycles. The van der Waals surface area contributed by atoms with Gasteiger partial charge < -0.3 is 14.7 Å². The lowest BCUT2D eigenvalue weighted by Crippen LogP contribution is -2.60. The average Bonchev–Trinajstić information content (AvgIpc) is 3.97. The van der Waals surface area contributed by atoms with Crippen LogP contribution in [0.15, 0.2) is 212 Å². The number of hydrogen-bond acceptors (Lipinski definition) is 5. The Morgan fingerprint density at radius 3 is 1.89 bits per heavy atom. The molecule has 3 nitrogen and oxygen atoms in total. The van der Waals surface area contributed by atoms with Crippen LogP contribution in [0.5, 0.6) is 0 Å². The van der Waals surface area contributed by atoms with Crippen molar-refractivity contribution in [2.24, 2.45) is 0 Å². The molecule has 0 unspecified atom stereocenters. The molecule has 0 spiro atoms. The predicted molar refractivity (Wildman–Crippen MR) is 288 cm³/mol. The molecule has 0 N–H and O–H groups in total. The molecule has 2 aliphatic rings. The van der Waals surface area contributed by atoms with Gasteiger partial charge in [-0.2, -0.15) is 0 Å². The molecule has 6 heteroatoms. The molecule has 0 amide bonds. The second kappa shape index (κ2) is 15.1. The van der Waals surface area contributed by atoms with Crippen LogP contribution in [0.25, 0.3) is 41.4 Å². The molecule has 0 fully saturated rings. The van der Waals surface area contributed by atoms with E-state index in [0.29, 0.717) is 5.56 Å². The van der Waals surface area contributed by atoms with Gasteiger partial charge in [-0.1, -0.05) is 148 Å². The van der Waals surface area contributed by atoms with E-state index in [2.05, 4.69) is 205 Å². The molecule has 0 aliphatic carbocycles. The van der Waals surface area contributed by atoms with Gasteiger partial charge in [-0.3, -0.25) is 0 Å². The van der Waals surface area contributed by atoms with Crippen molar-refractivity contribution in [2.75, 3.05) is 14.7 Å². The molecule has 13 rings (SSSR count). The number of rotatable bonds is 6. The van der Waals surface area contributed by atoms with Gasteiger partial charge in [-0.15, -0.1) is 22.7 Å².